The lowest BCUT2D eigenvalue weighted by atomic mass is 10.1. The summed E-state index contributed by atoms with van der Waals surface area (Å²) in [6.45, 7) is 0. The zero-order valence-corrected chi connectivity index (χ0v) is 6.89. The molecule has 4 heteroatoms. The Bertz CT molecular complexity index is 412. The minimum atomic E-state index is -4.33. The van der Waals surface area contributed by atoms with Crippen LogP contribution >= 0.6 is 0 Å². The maximum absolute atomic E-state index is 12.1. The van der Waals surface area contributed by atoms with Gasteiger partial charge in [-0.15, -0.1) is 0 Å². The topological polar surface area (TPSA) is 23.8 Å². The summed E-state index contributed by atoms with van der Waals surface area (Å²) >= 11 is 0. The van der Waals surface area contributed by atoms with E-state index in [9.17, 15) is 13.2 Å². The fourth-order valence-electron chi connectivity index (χ4n) is 0.843. The normalized spacial score (nSPS) is 9.86. The zero-order chi connectivity index (χ0) is 10.6. The first-order chi connectivity index (χ1) is 6.54. The Kier molecular flexibility index (Phi) is 2.79. The van der Waals surface area contributed by atoms with Crippen molar-refractivity contribution in [2.45, 2.75) is 6.18 Å². The summed E-state index contributed by atoms with van der Waals surface area (Å²) in [4.78, 5) is 0. The second-order valence-corrected chi connectivity index (χ2v) is 2.44. The SMILES string of the molecule is N#CC#Cc1ccc(C(F)(F)F)cc1. The highest BCUT2D eigenvalue weighted by molar-refractivity contribution is 5.39. The largest absolute Gasteiger partial charge is 0.416 e. The molecule has 14 heavy (non-hydrogen) atoms. The van der Waals surface area contributed by atoms with Crippen molar-refractivity contribution in [1.82, 2.24) is 0 Å². The van der Waals surface area contributed by atoms with Crippen LogP contribution in [0.5, 0.6) is 0 Å². The molecule has 0 atom stereocenters. The zero-order valence-electron chi connectivity index (χ0n) is 6.89. The predicted molar refractivity (Wildman–Crippen MR) is 43.9 cm³/mol. The second kappa shape index (κ2) is 3.85. The van der Waals surface area contributed by atoms with E-state index < -0.39 is 11.7 Å². The first kappa shape index (κ1) is 10.1. The lowest BCUT2D eigenvalue weighted by Crippen LogP contribution is -2.03. The van der Waals surface area contributed by atoms with E-state index in [2.05, 4.69) is 11.8 Å². The predicted octanol–water partition coefficient (Wildman–Crippen LogP) is 2.58. The summed E-state index contributed by atoms with van der Waals surface area (Å²) in [5.41, 5.74) is -0.334. The third-order valence-corrected chi connectivity index (χ3v) is 1.47. The van der Waals surface area contributed by atoms with E-state index in [0.29, 0.717) is 5.56 Å². The molecule has 70 valence electrons. The van der Waals surface area contributed by atoms with Crippen molar-refractivity contribution in [2.24, 2.45) is 0 Å². The van der Waals surface area contributed by atoms with Crippen molar-refractivity contribution < 1.29 is 13.2 Å². The molecule has 0 aromatic heterocycles. The minimum absolute atomic E-state index is 0.388. The van der Waals surface area contributed by atoms with Gasteiger partial charge in [0.15, 0.2) is 6.07 Å². The Morgan fingerprint density at radius 2 is 1.64 bits per heavy atom. The fourth-order valence-corrected chi connectivity index (χ4v) is 0.843. The molecule has 0 aliphatic carbocycles. The third-order valence-electron chi connectivity index (χ3n) is 1.47. The summed E-state index contributed by atoms with van der Waals surface area (Å²) in [5.74, 6) is 4.49. The Balaban J connectivity index is 2.96. The number of nitriles is 1. The molecular formula is C10H4F3N. The van der Waals surface area contributed by atoms with Crippen LogP contribution in [0.2, 0.25) is 0 Å². The average Bonchev–Trinajstić information content (AvgIpc) is 2.14. The summed E-state index contributed by atoms with van der Waals surface area (Å²) < 4.78 is 36.2. The first-order valence-corrected chi connectivity index (χ1v) is 3.61. The van der Waals surface area contributed by atoms with E-state index in [0.717, 1.165) is 12.1 Å². The van der Waals surface area contributed by atoms with Crippen molar-refractivity contribution in [3.63, 3.8) is 0 Å². The standard InChI is InChI=1S/C10H4F3N/c11-10(12,13)9-5-3-8(4-6-9)2-1-7-14/h3-6H. The van der Waals surface area contributed by atoms with Gasteiger partial charge in [-0.1, -0.05) is 5.92 Å². The molecule has 0 amide bonds. The molecule has 0 heterocycles. The number of nitrogens with zero attached hydrogens (tertiary/aromatic N) is 1. The molecule has 0 radical (unpaired) electrons. The number of hydrogen-bond acceptors (Lipinski definition) is 1. The van der Waals surface area contributed by atoms with Crippen molar-refractivity contribution in [3.05, 3.63) is 35.4 Å². The maximum atomic E-state index is 12.1. The summed E-state index contributed by atoms with van der Waals surface area (Å²) in [6, 6.07) is 5.90. The summed E-state index contributed by atoms with van der Waals surface area (Å²) in [6.07, 6.45) is -4.33. The molecule has 1 rings (SSSR count). The van der Waals surface area contributed by atoms with Crippen molar-refractivity contribution in [3.8, 4) is 17.9 Å². The van der Waals surface area contributed by atoms with Gasteiger partial charge in [-0.2, -0.15) is 18.4 Å². The fraction of sp³-hybridized carbons (Fsp3) is 0.100. The quantitative estimate of drug-likeness (QED) is 0.583. The van der Waals surface area contributed by atoms with E-state index in [-0.39, 0.29) is 0 Å². The molecule has 0 fully saturated rings. The van der Waals surface area contributed by atoms with Gasteiger partial charge in [0.25, 0.3) is 0 Å². The monoisotopic (exact) mass is 195 g/mol. The van der Waals surface area contributed by atoms with Gasteiger partial charge in [-0.3, -0.25) is 0 Å². The molecule has 0 saturated carbocycles. The van der Waals surface area contributed by atoms with Crippen LogP contribution in [0.25, 0.3) is 0 Å². The van der Waals surface area contributed by atoms with Gasteiger partial charge in [-0.25, -0.2) is 0 Å². The Morgan fingerprint density at radius 1 is 1.07 bits per heavy atom. The maximum Gasteiger partial charge on any atom is 0.416 e. The van der Waals surface area contributed by atoms with Gasteiger partial charge >= 0.3 is 6.18 Å². The van der Waals surface area contributed by atoms with Crippen LogP contribution < -0.4 is 0 Å². The Hall–Kier alpha value is -1.94. The molecule has 1 aromatic carbocycles. The molecule has 0 N–H and O–H groups in total. The smallest absolute Gasteiger partial charge is 0.183 e. The van der Waals surface area contributed by atoms with E-state index in [1.165, 1.54) is 12.1 Å². The van der Waals surface area contributed by atoms with E-state index >= 15 is 0 Å². The van der Waals surface area contributed by atoms with Crippen LogP contribution in [0.1, 0.15) is 11.1 Å². The van der Waals surface area contributed by atoms with Crippen molar-refractivity contribution >= 4 is 0 Å². The Labute approximate surface area is 78.8 Å². The van der Waals surface area contributed by atoms with Crippen LogP contribution in [0.3, 0.4) is 0 Å². The molecule has 0 aliphatic rings. The lowest BCUT2D eigenvalue weighted by molar-refractivity contribution is -0.137. The van der Waals surface area contributed by atoms with Crippen LogP contribution in [0.4, 0.5) is 13.2 Å². The van der Waals surface area contributed by atoms with E-state index in [4.69, 9.17) is 5.26 Å². The molecule has 1 nitrogen and oxygen atoms in total. The third kappa shape index (κ3) is 2.53. The van der Waals surface area contributed by atoms with Gasteiger partial charge < -0.3 is 0 Å². The van der Waals surface area contributed by atoms with Gasteiger partial charge in [0.05, 0.1) is 5.56 Å². The van der Waals surface area contributed by atoms with Gasteiger partial charge in [0.2, 0.25) is 0 Å². The molecule has 0 spiro atoms. The molecule has 1 aromatic rings. The number of hydrogen-bond donors (Lipinski definition) is 0. The van der Waals surface area contributed by atoms with E-state index in [1.54, 1.807) is 6.07 Å². The molecule has 0 aliphatic heterocycles. The molecule has 0 unspecified atom stereocenters. The van der Waals surface area contributed by atoms with Crippen LogP contribution in [-0.2, 0) is 6.18 Å². The summed E-state index contributed by atoms with van der Waals surface area (Å²) in [7, 11) is 0. The van der Waals surface area contributed by atoms with Crippen LogP contribution in [-0.4, -0.2) is 0 Å². The van der Waals surface area contributed by atoms with Gasteiger partial charge in [0, 0.05) is 11.5 Å². The molecular weight excluding hydrogens is 191 g/mol. The number of alkyl halides is 3. The molecule has 0 bridgehead atoms. The highest BCUT2D eigenvalue weighted by Gasteiger charge is 2.29. The number of halogens is 3. The highest BCUT2D eigenvalue weighted by atomic mass is 19.4. The second-order valence-electron chi connectivity index (χ2n) is 2.44. The van der Waals surface area contributed by atoms with Crippen molar-refractivity contribution in [2.75, 3.05) is 0 Å². The lowest BCUT2D eigenvalue weighted by Gasteiger charge is -2.05. The summed E-state index contributed by atoms with van der Waals surface area (Å²) in [5, 5.41) is 8.11. The van der Waals surface area contributed by atoms with Gasteiger partial charge in [-0.05, 0) is 24.3 Å². The minimum Gasteiger partial charge on any atom is -0.183 e. The highest BCUT2D eigenvalue weighted by Crippen LogP contribution is 2.28. The number of rotatable bonds is 0. The molecule has 0 saturated heterocycles. The van der Waals surface area contributed by atoms with E-state index in [1.807, 2.05) is 0 Å². The van der Waals surface area contributed by atoms with Crippen molar-refractivity contribution in [1.29, 1.82) is 5.26 Å². The van der Waals surface area contributed by atoms with Gasteiger partial charge in [0.1, 0.15) is 0 Å². The first-order valence-electron chi connectivity index (χ1n) is 3.61. The van der Waals surface area contributed by atoms with Crippen LogP contribution in [0.15, 0.2) is 24.3 Å². The average molecular weight is 195 g/mol. The number of benzene rings is 1. The van der Waals surface area contributed by atoms with Crippen LogP contribution in [0, 0.1) is 23.2 Å². The Morgan fingerprint density at radius 3 is 2.07 bits per heavy atom.